The summed E-state index contributed by atoms with van der Waals surface area (Å²) in [4.78, 5) is 29.7. The molecule has 1 saturated heterocycles. The smallest absolute Gasteiger partial charge is 0.255 e. The van der Waals surface area contributed by atoms with Crippen molar-refractivity contribution in [2.75, 3.05) is 38.0 Å². The molecule has 142 valence electrons. The third-order valence-electron chi connectivity index (χ3n) is 5.12. The fraction of sp³-hybridized carbons (Fsp3) is 0.364. The van der Waals surface area contributed by atoms with Crippen LogP contribution in [-0.4, -0.2) is 54.3 Å². The van der Waals surface area contributed by atoms with Crippen LogP contribution in [0.1, 0.15) is 38.8 Å². The van der Waals surface area contributed by atoms with Crippen molar-refractivity contribution in [2.24, 2.45) is 0 Å². The molecular formula is C22H27N3O2. The summed E-state index contributed by atoms with van der Waals surface area (Å²) in [5.41, 5.74) is 3.95. The minimum Gasteiger partial charge on any atom is -0.336 e. The van der Waals surface area contributed by atoms with Crippen molar-refractivity contribution in [3.8, 4) is 0 Å². The van der Waals surface area contributed by atoms with Crippen LogP contribution in [0.2, 0.25) is 0 Å². The van der Waals surface area contributed by atoms with E-state index in [-0.39, 0.29) is 11.8 Å². The molecule has 0 unspecified atom stereocenters. The normalized spacial score (nSPS) is 14.9. The van der Waals surface area contributed by atoms with Gasteiger partial charge in [-0.2, -0.15) is 0 Å². The summed E-state index contributed by atoms with van der Waals surface area (Å²) in [6.07, 6.45) is 0. The van der Waals surface area contributed by atoms with Gasteiger partial charge in [0.15, 0.2) is 0 Å². The molecule has 0 spiro atoms. The molecule has 0 bridgehead atoms. The maximum absolute atomic E-state index is 12.8. The number of hydrogen-bond donors (Lipinski definition) is 1. The van der Waals surface area contributed by atoms with Gasteiger partial charge in [0.05, 0.1) is 0 Å². The Morgan fingerprint density at radius 3 is 2.37 bits per heavy atom. The summed E-state index contributed by atoms with van der Waals surface area (Å²) in [7, 11) is 0. The number of hydrogen-bond acceptors (Lipinski definition) is 3. The van der Waals surface area contributed by atoms with Crippen LogP contribution in [0.15, 0.2) is 42.5 Å². The molecule has 0 aromatic heterocycles. The van der Waals surface area contributed by atoms with E-state index in [0.29, 0.717) is 11.1 Å². The molecule has 1 heterocycles. The fourth-order valence-electron chi connectivity index (χ4n) is 3.31. The highest BCUT2D eigenvalue weighted by molar-refractivity contribution is 6.06. The Labute approximate surface area is 161 Å². The van der Waals surface area contributed by atoms with E-state index in [1.165, 1.54) is 0 Å². The van der Waals surface area contributed by atoms with Gasteiger partial charge in [0.25, 0.3) is 11.8 Å². The number of aryl methyl sites for hydroxylation is 2. The highest BCUT2D eigenvalue weighted by Gasteiger charge is 2.22. The number of amides is 2. The number of carbonyl (C=O) groups excluding carboxylic acids is 2. The maximum Gasteiger partial charge on any atom is 0.255 e. The third-order valence-corrected chi connectivity index (χ3v) is 5.12. The lowest BCUT2D eigenvalue weighted by atomic mass is 10.1. The highest BCUT2D eigenvalue weighted by Crippen LogP contribution is 2.18. The van der Waals surface area contributed by atoms with Crippen molar-refractivity contribution in [1.82, 2.24) is 9.80 Å². The number of benzene rings is 2. The molecule has 5 nitrogen and oxygen atoms in total. The molecule has 1 N–H and O–H groups in total. The summed E-state index contributed by atoms with van der Waals surface area (Å²) < 4.78 is 0. The first kappa shape index (κ1) is 19.1. The lowest BCUT2D eigenvalue weighted by Gasteiger charge is -2.34. The standard InChI is InChI=1S/C22H27N3O2/c1-4-24-10-12-25(13-11-24)22(27)19-7-5-6-18(15-19)21(26)23-20-14-16(2)8-9-17(20)3/h5-9,14-15H,4,10-13H2,1-3H3,(H,23,26). The molecule has 2 aromatic carbocycles. The van der Waals surface area contributed by atoms with Crippen LogP contribution >= 0.6 is 0 Å². The predicted molar refractivity (Wildman–Crippen MR) is 108 cm³/mol. The molecule has 0 aliphatic carbocycles. The van der Waals surface area contributed by atoms with E-state index in [4.69, 9.17) is 0 Å². The highest BCUT2D eigenvalue weighted by atomic mass is 16.2. The number of piperazine rings is 1. The van der Waals surface area contributed by atoms with Crippen molar-refractivity contribution < 1.29 is 9.59 Å². The summed E-state index contributed by atoms with van der Waals surface area (Å²) in [5.74, 6) is -0.207. The van der Waals surface area contributed by atoms with Gasteiger partial charge in [0, 0.05) is 43.0 Å². The van der Waals surface area contributed by atoms with E-state index in [2.05, 4.69) is 17.1 Å². The Bertz CT molecular complexity index is 839. The van der Waals surface area contributed by atoms with Gasteiger partial charge in [0.1, 0.15) is 0 Å². The first-order valence-corrected chi connectivity index (χ1v) is 9.48. The van der Waals surface area contributed by atoms with Gasteiger partial charge in [-0.3, -0.25) is 9.59 Å². The summed E-state index contributed by atoms with van der Waals surface area (Å²) in [6.45, 7) is 10.4. The molecule has 27 heavy (non-hydrogen) atoms. The van der Waals surface area contributed by atoms with Crippen molar-refractivity contribution in [3.05, 3.63) is 64.7 Å². The topological polar surface area (TPSA) is 52.7 Å². The maximum atomic E-state index is 12.8. The third kappa shape index (κ3) is 4.55. The number of likely N-dealkylation sites (N-methyl/N-ethyl adjacent to an activating group) is 1. The summed E-state index contributed by atoms with van der Waals surface area (Å²) in [6, 6.07) is 12.9. The van der Waals surface area contributed by atoms with Crippen LogP contribution in [0.25, 0.3) is 0 Å². The molecule has 2 aromatic rings. The monoisotopic (exact) mass is 365 g/mol. The lowest BCUT2D eigenvalue weighted by Crippen LogP contribution is -2.48. The quantitative estimate of drug-likeness (QED) is 0.904. The van der Waals surface area contributed by atoms with E-state index in [9.17, 15) is 9.59 Å². The van der Waals surface area contributed by atoms with Gasteiger partial charge < -0.3 is 15.1 Å². The second kappa shape index (κ2) is 8.35. The van der Waals surface area contributed by atoms with Crippen molar-refractivity contribution in [2.45, 2.75) is 20.8 Å². The number of rotatable bonds is 4. The summed E-state index contributed by atoms with van der Waals surface area (Å²) >= 11 is 0. The van der Waals surface area contributed by atoms with Crippen molar-refractivity contribution in [3.63, 3.8) is 0 Å². The van der Waals surface area contributed by atoms with Gasteiger partial charge in [0.2, 0.25) is 0 Å². The minimum absolute atomic E-state index is 0.00728. The zero-order valence-corrected chi connectivity index (χ0v) is 16.3. The SMILES string of the molecule is CCN1CCN(C(=O)c2cccc(C(=O)Nc3cc(C)ccc3C)c2)CC1. The van der Waals surface area contributed by atoms with E-state index in [1.54, 1.807) is 24.3 Å². The Hall–Kier alpha value is -2.66. The van der Waals surface area contributed by atoms with Crippen molar-refractivity contribution >= 4 is 17.5 Å². The molecule has 3 rings (SSSR count). The predicted octanol–water partition coefficient (Wildman–Crippen LogP) is 3.33. The Kier molecular flexibility index (Phi) is 5.91. The number of anilines is 1. The minimum atomic E-state index is -0.200. The zero-order chi connectivity index (χ0) is 19.4. The average Bonchev–Trinajstić information content (AvgIpc) is 2.70. The molecular weight excluding hydrogens is 338 g/mol. The molecule has 0 saturated carbocycles. The van der Waals surface area contributed by atoms with Crippen LogP contribution < -0.4 is 5.32 Å². The van der Waals surface area contributed by atoms with E-state index in [0.717, 1.165) is 49.5 Å². The second-order valence-electron chi connectivity index (χ2n) is 7.08. The number of nitrogens with one attached hydrogen (secondary N) is 1. The Balaban J connectivity index is 1.72. The fourth-order valence-corrected chi connectivity index (χ4v) is 3.31. The van der Waals surface area contributed by atoms with E-state index >= 15 is 0 Å². The molecule has 1 aliphatic heterocycles. The Morgan fingerprint density at radius 2 is 1.67 bits per heavy atom. The van der Waals surface area contributed by atoms with Gasteiger partial charge in [-0.05, 0) is 55.8 Å². The molecule has 0 radical (unpaired) electrons. The van der Waals surface area contributed by atoms with Crippen LogP contribution in [0, 0.1) is 13.8 Å². The van der Waals surface area contributed by atoms with Crippen LogP contribution in [0.5, 0.6) is 0 Å². The zero-order valence-electron chi connectivity index (χ0n) is 16.3. The van der Waals surface area contributed by atoms with E-state index in [1.807, 2.05) is 36.9 Å². The molecule has 2 amide bonds. The summed E-state index contributed by atoms with van der Waals surface area (Å²) in [5, 5.41) is 2.96. The van der Waals surface area contributed by atoms with Crippen LogP contribution in [-0.2, 0) is 0 Å². The van der Waals surface area contributed by atoms with Gasteiger partial charge in [-0.15, -0.1) is 0 Å². The average molecular weight is 365 g/mol. The number of carbonyl (C=O) groups is 2. The van der Waals surface area contributed by atoms with E-state index < -0.39 is 0 Å². The first-order chi connectivity index (χ1) is 13.0. The number of nitrogens with zero attached hydrogens (tertiary/aromatic N) is 2. The molecule has 5 heteroatoms. The van der Waals surface area contributed by atoms with Crippen molar-refractivity contribution in [1.29, 1.82) is 0 Å². The Morgan fingerprint density at radius 1 is 0.963 bits per heavy atom. The van der Waals surface area contributed by atoms with Crippen LogP contribution in [0.3, 0.4) is 0 Å². The lowest BCUT2D eigenvalue weighted by molar-refractivity contribution is 0.0643. The molecule has 1 fully saturated rings. The molecule has 1 aliphatic rings. The van der Waals surface area contributed by atoms with Gasteiger partial charge in [-0.1, -0.05) is 25.1 Å². The van der Waals surface area contributed by atoms with Gasteiger partial charge >= 0.3 is 0 Å². The first-order valence-electron chi connectivity index (χ1n) is 9.48. The van der Waals surface area contributed by atoms with Gasteiger partial charge in [-0.25, -0.2) is 0 Å². The molecule has 0 atom stereocenters. The second-order valence-corrected chi connectivity index (χ2v) is 7.08. The van der Waals surface area contributed by atoms with Crippen LogP contribution in [0.4, 0.5) is 5.69 Å². The largest absolute Gasteiger partial charge is 0.336 e.